The van der Waals surface area contributed by atoms with Crippen LogP contribution >= 0.6 is 0 Å². The molecule has 0 radical (unpaired) electrons. The van der Waals surface area contributed by atoms with E-state index in [1.54, 1.807) is 6.07 Å². The van der Waals surface area contributed by atoms with Gasteiger partial charge in [-0.25, -0.2) is 4.79 Å². The average Bonchev–Trinajstić information content (AvgIpc) is 2.74. The quantitative estimate of drug-likeness (QED) is 0.852. The predicted molar refractivity (Wildman–Crippen MR) is 77.4 cm³/mol. The van der Waals surface area contributed by atoms with Gasteiger partial charge in [0.15, 0.2) is 0 Å². The van der Waals surface area contributed by atoms with Crippen LogP contribution in [-0.2, 0) is 16.0 Å². The van der Waals surface area contributed by atoms with Gasteiger partial charge in [0.25, 0.3) is 0 Å². The molecule has 0 aliphatic carbocycles. The fraction of sp³-hybridized carbons (Fsp3) is 0.400. The first-order valence-electron chi connectivity index (χ1n) is 6.88. The SMILES string of the molecule is CCC(C)NC(=O)CN1C(=O)Cc2cc(C(=O)O)ccc21. The molecule has 2 amide bonds. The van der Waals surface area contributed by atoms with Crippen LogP contribution in [0.15, 0.2) is 18.2 Å². The highest BCUT2D eigenvalue weighted by Crippen LogP contribution is 2.29. The minimum absolute atomic E-state index is 0.0391. The lowest BCUT2D eigenvalue weighted by Gasteiger charge is -2.19. The van der Waals surface area contributed by atoms with Gasteiger partial charge in [-0.3, -0.25) is 9.59 Å². The van der Waals surface area contributed by atoms with Crippen molar-refractivity contribution in [3.05, 3.63) is 29.3 Å². The Morgan fingerprint density at radius 2 is 2.14 bits per heavy atom. The van der Waals surface area contributed by atoms with Gasteiger partial charge in [-0.2, -0.15) is 0 Å². The second-order valence-electron chi connectivity index (χ2n) is 5.18. The zero-order chi connectivity index (χ0) is 15.6. The van der Waals surface area contributed by atoms with E-state index in [2.05, 4.69) is 5.32 Å². The average molecular weight is 290 g/mol. The molecule has 0 saturated carbocycles. The first kappa shape index (κ1) is 15.0. The highest BCUT2D eigenvalue weighted by Gasteiger charge is 2.29. The van der Waals surface area contributed by atoms with E-state index in [1.165, 1.54) is 17.0 Å². The van der Waals surface area contributed by atoms with E-state index in [9.17, 15) is 14.4 Å². The van der Waals surface area contributed by atoms with Crippen LogP contribution in [-0.4, -0.2) is 35.5 Å². The molecule has 1 aromatic carbocycles. The molecule has 2 N–H and O–H groups in total. The van der Waals surface area contributed by atoms with Crippen molar-refractivity contribution in [1.29, 1.82) is 0 Å². The number of benzene rings is 1. The lowest BCUT2D eigenvalue weighted by atomic mass is 10.1. The number of rotatable bonds is 5. The molecular weight excluding hydrogens is 272 g/mol. The van der Waals surface area contributed by atoms with Crippen molar-refractivity contribution in [2.75, 3.05) is 11.4 Å². The van der Waals surface area contributed by atoms with Crippen LogP contribution in [0.5, 0.6) is 0 Å². The Bertz CT molecular complexity index is 597. The lowest BCUT2D eigenvalue weighted by Crippen LogP contribution is -2.42. The molecule has 1 heterocycles. The Morgan fingerprint density at radius 3 is 2.76 bits per heavy atom. The molecule has 6 nitrogen and oxygen atoms in total. The summed E-state index contributed by atoms with van der Waals surface area (Å²) < 4.78 is 0. The maximum atomic E-state index is 12.0. The summed E-state index contributed by atoms with van der Waals surface area (Å²) in [6.07, 6.45) is 0.950. The monoisotopic (exact) mass is 290 g/mol. The molecule has 2 rings (SSSR count). The number of nitrogens with one attached hydrogen (secondary N) is 1. The van der Waals surface area contributed by atoms with E-state index in [1.807, 2.05) is 13.8 Å². The van der Waals surface area contributed by atoms with Gasteiger partial charge >= 0.3 is 5.97 Å². The Balaban J connectivity index is 2.15. The highest BCUT2D eigenvalue weighted by molar-refractivity contribution is 6.05. The van der Waals surface area contributed by atoms with Crippen LogP contribution in [0.3, 0.4) is 0 Å². The normalized spacial score (nSPS) is 14.8. The molecule has 0 saturated heterocycles. The number of carboxylic acids is 1. The summed E-state index contributed by atoms with van der Waals surface area (Å²) in [6.45, 7) is 3.83. The van der Waals surface area contributed by atoms with Crippen LogP contribution in [0.25, 0.3) is 0 Å². The lowest BCUT2D eigenvalue weighted by molar-refractivity contribution is -0.123. The molecular formula is C15H18N2O4. The first-order chi connectivity index (χ1) is 9.92. The van der Waals surface area contributed by atoms with E-state index >= 15 is 0 Å². The Kier molecular flexibility index (Phi) is 4.26. The summed E-state index contributed by atoms with van der Waals surface area (Å²) >= 11 is 0. The van der Waals surface area contributed by atoms with Gasteiger partial charge < -0.3 is 15.3 Å². The zero-order valence-corrected chi connectivity index (χ0v) is 12.0. The summed E-state index contributed by atoms with van der Waals surface area (Å²) in [4.78, 5) is 36.2. The second kappa shape index (κ2) is 5.95. The zero-order valence-electron chi connectivity index (χ0n) is 12.0. The van der Waals surface area contributed by atoms with Crippen molar-refractivity contribution in [2.45, 2.75) is 32.7 Å². The number of hydrogen-bond acceptors (Lipinski definition) is 3. The molecule has 0 spiro atoms. The number of amides is 2. The number of anilines is 1. The van der Waals surface area contributed by atoms with Crippen molar-refractivity contribution in [3.63, 3.8) is 0 Å². The van der Waals surface area contributed by atoms with E-state index in [4.69, 9.17) is 5.11 Å². The Labute approximate surface area is 122 Å². The molecule has 1 atom stereocenters. The molecule has 1 aromatic rings. The van der Waals surface area contributed by atoms with Gasteiger partial charge in [-0.05, 0) is 37.1 Å². The number of carbonyl (C=O) groups is 3. The molecule has 1 aliphatic rings. The van der Waals surface area contributed by atoms with Gasteiger partial charge in [0.1, 0.15) is 6.54 Å². The smallest absolute Gasteiger partial charge is 0.335 e. The maximum absolute atomic E-state index is 12.0. The standard InChI is InChI=1S/C15H18N2O4/c1-3-9(2)16-13(18)8-17-12-5-4-10(15(20)21)6-11(12)7-14(17)19/h4-6,9H,3,7-8H2,1-2H3,(H,16,18)(H,20,21). The third-order valence-electron chi connectivity index (χ3n) is 3.58. The van der Waals surface area contributed by atoms with Crippen LogP contribution in [0.1, 0.15) is 36.2 Å². The van der Waals surface area contributed by atoms with Gasteiger partial charge in [-0.1, -0.05) is 6.92 Å². The number of carboxylic acid groups (broad SMARTS) is 1. The van der Waals surface area contributed by atoms with E-state index in [0.29, 0.717) is 11.3 Å². The number of aromatic carboxylic acids is 1. The van der Waals surface area contributed by atoms with Gasteiger partial charge in [0, 0.05) is 11.7 Å². The second-order valence-corrected chi connectivity index (χ2v) is 5.18. The van der Waals surface area contributed by atoms with Crippen LogP contribution < -0.4 is 10.2 Å². The largest absolute Gasteiger partial charge is 0.478 e. The minimum Gasteiger partial charge on any atom is -0.478 e. The van der Waals surface area contributed by atoms with E-state index < -0.39 is 5.97 Å². The predicted octanol–water partition coefficient (Wildman–Crippen LogP) is 1.19. The maximum Gasteiger partial charge on any atom is 0.335 e. The molecule has 112 valence electrons. The summed E-state index contributed by atoms with van der Waals surface area (Å²) in [7, 11) is 0. The van der Waals surface area contributed by atoms with Gasteiger partial charge in [0.2, 0.25) is 11.8 Å². The number of carbonyl (C=O) groups excluding carboxylic acids is 2. The topological polar surface area (TPSA) is 86.7 Å². The summed E-state index contributed by atoms with van der Waals surface area (Å²) in [5.41, 5.74) is 1.41. The fourth-order valence-electron chi connectivity index (χ4n) is 2.26. The molecule has 21 heavy (non-hydrogen) atoms. The Morgan fingerprint density at radius 1 is 1.43 bits per heavy atom. The molecule has 0 fully saturated rings. The summed E-state index contributed by atoms with van der Waals surface area (Å²) in [6, 6.07) is 4.57. The van der Waals surface area contributed by atoms with E-state index in [0.717, 1.165) is 6.42 Å². The fourth-order valence-corrected chi connectivity index (χ4v) is 2.26. The van der Waals surface area contributed by atoms with Gasteiger partial charge in [0.05, 0.1) is 12.0 Å². The highest BCUT2D eigenvalue weighted by atomic mass is 16.4. The van der Waals surface area contributed by atoms with Crippen molar-refractivity contribution >= 4 is 23.5 Å². The molecule has 0 bridgehead atoms. The van der Waals surface area contributed by atoms with Crippen molar-refractivity contribution < 1.29 is 19.5 Å². The van der Waals surface area contributed by atoms with Crippen LogP contribution in [0.4, 0.5) is 5.69 Å². The molecule has 0 aromatic heterocycles. The Hall–Kier alpha value is -2.37. The molecule has 1 aliphatic heterocycles. The summed E-state index contributed by atoms with van der Waals surface area (Å²) in [5, 5.41) is 11.8. The number of hydrogen-bond donors (Lipinski definition) is 2. The van der Waals surface area contributed by atoms with Crippen molar-refractivity contribution in [1.82, 2.24) is 5.32 Å². The summed E-state index contributed by atoms with van der Waals surface area (Å²) in [5.74, 6) is -1.43. The third-order valence-corrected chi connectivity index (χ3v) is 3.58. The van der Waals surface area contributed by atoms with Crippen molar-refractivity contribution in [2.24, 2.45) is 0 Å². The van der Waals surface area contributed by atoms with E-state index in [-0.39, 0.29) is 36.4 Å². The van der Waals surface area contributed by atoms with Crippen LogP contribution in [0, 0.1) is 0 Å². The number of fused-ring (bicyclic) bond motifs is 1. The third kappa shape index (κ3) is 3.21. The molecule has 1 unspecified atom stereocenters. The molecule has 6 heteroatoms. The minimum atomic E-state index is -1.03. The van der Waals surface area contributed by atoms with Gasteiger partial charge in [-0.15, -0.1) is 0 Å². The van der Waals surface area contributed by atoms with Crippen molar-refractivity contribution in [3.8, 4) is 0 Å². The van der Waals surface area contributed by atoms with Crippen LogP contribution in [0.2, 0.25) is 0 Å². The number of nitrogens with zero attached hydrogens (tertiary/aromatic N) is 1. The first-order valence-corrected chi connectivity index (χ1v) is 6.88.